The van der Waals surface area contributed by atoms with Crippen LogP contribution in [0.15, 0.2) is 22.7 Å². The molecule has 0 aliphatic carbocycles. The zero-order valence-electron chi connectivity index (χ0n) is 9.66. The summed E-state index contributed by atoms with van der Waals surface area (Å²) in [5, 5.41) is 10.1. The maximum absolute atomic E-state index is 10.1. The van der Waals surface area contributed by atoms with Crippen molar-refractivity contribution in [2.75, 3.05) is 13.7 Å². The van der Waals surface area contributed by atoms with E-state index in [0.717, 1.165) is 15.8 Å². The third-order valence-electron chi connectivity index (χ3n) is 2.51. The molecule has 0 aliphatic heterocycles. The largest absolute Gasteiger partial charge is 0.497 e. The van der Waals surface area contributed by atoms with Gasteiger partial charge in [0.1, 0.15) is 5.75 Å². The number of hydrogen-bond donors (Lipinski definition) is 2. The molecule has 0 spiro atoms. The summed E-state index contributed by atoms with van der Waals surface area (Å²) in [6.07, 6.45) is 1.14. The fourth-order valence-electron chi connectivity index (χ4n) is 1.62. The molecule has 0 radical (unpaired) electrons. The molecule has 1 aromatic carbocycles. The van der Waals surface area contributed by atoms with Gasteiger partial charge in [-0.3, -0.25) is 0 Å². The molecule has 0 aromatic heterocycles. The van der Waals surface area contributed by atoms with E-state index >= 15 is 0 Å². The van der Waals surface area contributed by atoms with Crippen LogP contribution >= 0.6 is 15.9 Å². The topological polar surface area (TPSA) is 55.5 Å². The van der Waals surface area contributed by atoms with Crippen LogP contribution in [-0.2, 0) is 6.42 Å². The molecule has 0 aliphatic rings. The van der Waals surface area contributed by atoms with Gasteiger partial charge in [-0.25, -0.2) is 0 Å². The van der Waals surface area contributed by atoms with Crippen molar-refractivity contribution in [2.24, 2.45) is 5.73 Å². The van der Waals surface area contributed by atoms with Gasteiger partial charge >= 0.3 is 0 Å². The number of ether oxygens (including phenoxy) is 1. The highest BCUT2D eigenvalue weighted by Gasteiger charge is 2.21. The molecule has 0 saturated heterocycles. The Balaban J connectivity index is 2.87. The maximum Gasteiger partial charge on any atom is 0.119 e. The van der Waals surface area contributed by atoms with E-state index in [2.05, 4.69) is 15.9 Å². The van der Waals surface area contributed by atoms with Crippen molar-refractivity contribution in [3.8, 4) is 5.75 Å². The summed E-state index contributed by atoms with van der Waals surface area (Å²) in [4.78, 5) is 0. The standard InChI is InChI=1S/C12H18BrNO2/c1-12(15,5-6-14)8-9-7-10(16-2)3-4-11(9)13/h3-4,7,15H,5-6,8,14H2,1-2H3. The van der Waals surface area contributed by atoms with Crippen molar-refractivity contribution in [2.45, 2.75) is 25.4 Å². The van der Waals surface area contributed by atoms with Gasteiger partial charge < -0.3 is 15.6 Å². The second-order valence-corrected chi connectivity index (χ2v) is 5.02. The van der Waals surface area contributed by atoms with Crippen LogP contribution in [0.4, 0.5) is 0 Å². The highest BCUT2D eigenvalue weighted by Crippen LogP contribution is 2.27. The average Bonchev–Trinajstić information content (AvgIpc) is 2.21. The molecule has 1 atom stereocenters. The Labute approximate surface area is 105 Å². The van der Waals surface area contributed by atoms with E-state index in [4.69, 9.17) is 10.5 Å². The van der Waals surface area contributed by atoms with Crippen LogP contribution in [0.3, 0.4) is 0 Å². The molecule has 1 aromatic rings. The van der Waals surface area contributed by atoms with Gasteiger partial charge in [0.2, 0.25) is 0 Å². The van der Waals surface area contributed by atoms with Crippen molar-refractivity contribution in [3.63, 3.8) is 0 Å². The van der Waals surface area contributed by atoms with E-state index in [1.807, 2.05) is 18.2 Å². The Morgan fingerprint density at radius 2 is 2.19 bits per heavy atom. The molecule has 3 nitrogen and oxygen atoms in total. The number of aliphatic hydroxyl groups is 1. The van der Waals surface area contributed by atoms with E-state index in [9.17, 15) is 5.11 Å². The minimum atomic E-state index is -0.774. The number of hydrogen-bond acceptors (Lipinski definition) is 3. The normalized spacial score (nSPS) is 14.6. The fourth-order valence-corrected chi connectivity index (χ4v) is 2.01. The second kappa shape index (κ2) is 5.66. The number of nitrogens with two attached hydrogens (primary N) is 1. The minimum absolute atomic E-state index is 0.481. The van der Waals surface area contributed by atoms with Gasteiger partial charge in [0, 0.05) is 10.9 Å². The second-order valence-electron chi connectivity index (χ2n) is 4.17. The van der Waals surface area contributed by atoms with Crippen LogP contribution in [0.25, 0.3) is 0 Å². The first-order valence-corrected chi connectivity index (χ1v) is 6.02. The monoisotopic (exact) mass is 287 g/mol. The molecule has 3 N–H and O–H groups in total. The predicted molar refractivity (Wildman–Crippen MR) is 68.7 cm³/mol. The third kappa shape index (κ3) is 3.77. The summed E-state index contributed by atoms with van der Waals surface area (Å²) in [5.41, 5.74) is 5.72. The van der Waals surface area contributed by atoms with Gasteiger partial charge in [-0.1, -0.05) is 15.9 Å². The smallest absolute Gasteiger partial charge is 0.119 e. The minimum Gasteiger partial charge on any atom is -0.497 e. The molecule has 4 heteroatoms. The van der Waals surface area contributed by atoms with Crippen LogP contribution in [0, 0.1) is 0 Å². The van der Waals surface area contributed by atoms with Crippen LogP contribution in [0.1, 0.15) is 18.9 Å². The summed E-state index contributed by atoms with van der Waals surface area (Å²) in [5.74, 6) is 0.793. The first-order valence-electron chi connectivity index (χ1n) is 5.23. The lowest BCUT2D eigenvalue weighted by atomic mass is 9.93. The molecule has 0 fully saturated rings. The highest BCUT2D eigenvalue weighted by atomic mass is 79.9. The third-order valence-corrected chi connectivity index (χ3v) is 3.28. The van der Waals surface area contributed by atoms with Gasteiger partial charge in [-0.05, 0) is 43.7 Å². The summed E-state index contributed by atoms with van der Waals surface area (Å²) >= 11 is 3.47. The van der Waals surface area contributed by atoms with Gasteiger partial charge in [-0.15, -0.1) is 0 Å². The summed E-state index contributed by atoms with van der Waals surface area (Å²) in [6, 6.07) is 5.73. The Morgan fingerprint density at radius 3 is 2.75 bits per heavy atom. The number of halogens is 1. The zero-order valence-corrected chi connectivity index (χ0v) is 11.3. The van der Waals surface area contributed by atoms with Crippen LogP contribution in [0.5, 0.6) is 5.75 Å². The molecular weight excluding hydrogens is 270 g/mol. The predicted octanol–water partition coefficient (Wildman–Crippen LogP) is 2.10. The van der Waals surface area contributed by atoms with E-state index < -0.39 is 5.60 Å². The average molecular weight is 288 g/mol. The van der Waals surface area contributed by atoms with E-state index in [-0.39, 0.29) is 0 Å². The van der Waals surface area contributed by atoms with Gasteiger partial charge in [-0.2, -0.15) is 0 Å². The van der Waals surface area contributed by atoms with Crippen molar-refractivity contribution >= 4 is 15.9 Å². The maximum atomic E-state index is 10.1. The van der Waals surface area contributed by atoms with Gasteiger partial charge in [0.05, 0.1) is 12.7 Å². The molecule has 0 saturated carbocycles. The Bertz CT molecular complexity index is 353. The van der Waals surface area contributed by atoms with Crippen molar-refractivity contribution in [1.82, 2.24) is 0 Å². The van der Waals surface area contributed by atoms with Crippen molar-refractivity contribution in [1.29, 1.82) is 0 Å². The molecular formula is C12H18BrNO2. The molecule has 0 heterocycles. The highest BCUT2D eigenvalue weighted by molar-refractivity contribution is 9.10. The SMILES string of the molecule is COc1ccc(Br)c(CC(C)(O)CCN)c1. The van der Waals surface area contributed by atoms with Gasteiger partial charge in [0.25, 0.3) is 0 Å². The summed E-state index contributed by atoms with van der Waals surface area (Å²) in [7, 11) is 1.63. The summed E-state index contributed by atoms with van der Waals surface area (Å²) < 4.78 is 6.13. The van der Waals surface area contributed by atoms with Crippen molar-refractivity contribution < 1.29 is 9.84 Å². The Hall–Kier alpha value is -0.580. The van der Waals surface area contributed by atoms with E-state index in [1.165, 1.54) is 0 Å². The molecule has 0 bridgehead atoms. The molecule has 90 valence electrons. The van der Waals surface area contributed by atoms with Crippen LogP contribution in [0.2, 0.25) is 0 Å². The quantitative estimate of drug-likeness (QED) is 0.872. The lowest BCUT2D eigenvalue weighted by molar-refractivity contribution is 0.0537. The number of methoxy groups -OCH3 is 1. The lowest BCUT2D eigenvalue weighted by Crippen LogP contribution is -2.30. The first-order chi connectivity index (χ1) is 7.48. The van der Waals surface area contributed by atoms with Gasteiger partial charge in [0.15, 0.2) is 0 Å². The fraction of sp³-hybridized carbons (Fsp3) is 0.500. The Morgan fingerprint density at radius 1 is 1.50 bits per heavy atom. The van der Waals surface area contributed by atoms with Crippen molar-refractivity contribution in [3.05, 3.63) is 28.2 Å². The molecule has 1 rings (SSSR count). The summed E-state index contributed by atoms with van der Waals surface area (Å²) in [6.45, 7) is 2.28. The van der Waals surface area contributed by atoms with E-state index in [0.29, 0.717) is 19.4 Å². The van der Waals surface area contributed by atoms with Crippen LogP contribution < -0.4 is 10.5 Å². The van der Waals surface area contributed by atoms with Crippen LogP contribution in [-0.4, -0.2) is 24.4 Å². The molecule has 16 heavy (non-hydrogen) atoms. The first kappa shape index (κ1) is 13.5. The van der Waals surface area contributed by atoms with E-state index in [1.54, 1.807) is 14.0 Å². The molecule has 1 unspecified atom stereocenters. The molecule has 0 amide bonds. The Kier molecular flexibility index (Phi) is 4.77. The zero-order chi connectivity index (χ0) is 12.2. The number of benzene rings is 1. The number of rotatable bonds is 5. The lowest BCUT2D eigenvalue weighted by Gasteiger charge is -2.23.